The lowest BCUT2D eigenvalue weighted by molar-refractivity contribution is -0.141. The second kappa shape index (κ2) is 10.5. The Bertz CT molecular complexity index is 1690. The van der Waals surface area contributed by atoms with E-state index in [1.807, 2.05) is 0 Å². The first-order chi connectivity index (χ1) is 19.0. The van der Waals surface area contributed by atoms with Crippen LogP contribution < -0.4 is 4.74 Å². The van der Waals surface area contributed by atoms with E-state index in [1.54, 1.807) is 30.3 Å². The monoisotopic (exact) mass is 551 g/mol. The standard InChI is InChI=1S/C31H19F6NO2/c32-30(33,34)24-15-6-4-11-21(24)18-40-22-13-8-12-20(17-22)26-23-14-5-7-16-25(23)38-29(31(35,36)37)27(26)28(39)19-9-2-1-3-10-19/h1-17H,18H2. The number of para-hydroxylation sites is 1. The molecule has 0 radical (unpaired) electrons. The second-order valence-electron chi connectivity index (χ2n) is 8.89. The minimum Gasteiger partial charge on any atom is -0.489 e. The molecule has 0 aliphatic rings. The zero-order valence-corrected chi connectivity index (χ0v) is 20.6. The molecule has 0 spiro atoms. The van der Waals surface area contributed by atoms with Crippen LogP contribution in [0.1, 0.15) is 32.7 Å². The first-order valence-corrected chi connectivity index (χ1v) is 12.0. The summed E-state index contributed by atoms with van der Waals surface area (Å²) in [5.74, 6) is -0.756. The highest BCUT2D eigenvalue weighted by Crippen LogP contribution is 2.41. The number of fused-ring (bicyclic) bond motifs is 1. The number of aromatic nitrogens is 1. The van der Waals surface area contributed by atoms with Gasteiger partial charge in [-0.05, 0) is 29.8 Å². The van der Waals surface area contributed by atoms with Gasteiger partial charge in [0.25, 0.3) is 0 Å². The van der Waals surface area contributed by atoms with E-state index in [9.17, 15) is 31.1 Å². The zero-order chi connectivity index (χ0) is 28.5. The third-order valence-electron chi connectivity index (χ3n) is 6.26. The van der Waals surface area contributed by atoms with Gasteiger partial charge < -0.3 is 4.74 Å². The summed E-state index contributed by atoms with van der Waals surface area (Å²) in [6, 6.07) is 24.5. The van der Waals surface area contributed by atoms with Crippen LogP contribution in [0.15, 0.2) is 103 Å². The van der Waals surface area contributed by atoms with E-state index in [2.05, 4.69) is 4.98 Å². The van der Waals surface area contributed by atoms with E-state index in [4.69, 9.17) is 4.74 Å². The zero-order valence-electron chi connectivity index (χ0n) is 20.6. The lowest BCUT2D eigenvalue weighted by Gasteiger charge is -2.19. The maximum atomic E-state index is 14.3. The van der Waals surface area contributed by atoms with Crippen molar-refractivity contribution in [2.45, 2.75) is 19.0 Å². The number of ketones is 1. The summed E-state index contributed by atoms with van der Waals surface area (Å²) in [4.78, 5) is 17.4. The molecule has 0 atom stereocenters. The van der Waals surface area contributed by atoms with Gasteiger partial charge in [0.15, 0.2) is 11.5 Å². The second-order valence-corrected chi connectivity index (χ2v) is 8.89. The summed E-state index contributed by atoms with van der Waals surface area (Å²) in [5.41, 5.74) is -2.64. The number of ether oxygens (including phenoxy) is 1. The first kappa shape index (κ1) is 26.9. The fourth-order valence-corrected chi connectivity index (χ4v) is 4.50. The molecule has 0 saturated heterocycles. The maximum absolute atomic E-state index is 14.3. The predicted molar refractivity (Wildman–Crippen MR) is 138 cm³/mol. The van der Waals surface area contributed by atoms with Gasteiger partial charge in [-0.15, -0.1) is 0 Å². The molecular formula is C31H19F6NO2. The minimum absolute atomic E-state index is 0.00656. The SMILES string of the molecule is O=C(c1ccccc1)c1c(C(F)(F)F)nc2ccccc2c1-c1cccc(OCc2ccccc2C(F)(F)F)c1. The van der Waals surface area contributed by atoms with Crippen molar-refractivity contribution >= 4 is 16.7 Å². The summed E-state index contributed by atoms with van der Waals surface area (Å²) in [6.45, 7) is -0.431. The normalized spacial score (nSPS) is 11.9. The van der Waals surface area contributed by atoms with Crippen molar-refractivity contribution in [3.05, 3.63) is 131 Å². The van der Waals surface area contributed by atoms with E-state index in [1.165, 1.54) is 66.7 Å². The number of hydrogen-bond acceptors (Lipinski definition) is 3. The Balaban J connectivity index is 1.66. The van der Waals surface area contributed by atoms with E-state index < -0.39 is 41.6 Å². The van der Waals surface area contributed by atoms with Crippen LogP contribution >= 0.6 is 0 Å². The van der Waals surface area contributed by atoms with Crippen molar-refractivity contribution in [3.63, 3.8) is 0 Å². The van der Waals surface area contributed by atoms with Crippen LogP contribution in [0.25, 0.3) is 22.0 Å². The van der Waals surface area contributed by atoms with E-state index >= 15 is 0 Å². The van der Waals surface area contributed by atoms with Gasteiger partial charge in [0.1, 0.15) is 12.4 Å². The number of hydrogen-bond donors (Lipinski definition) is 0. The Morgan fingerprint density at radius 2 is 1.40 bits per heavy atom. The molecule has 0 saturated carbocycles. The fraction of sp³-hybridized carbons (Fsp3) is 0.0968. The van der Waals surface area contributed by atoms with Crippen LogP contribution in [-0.4, -0.2) is 10.8 Å². The molecule has 1 aromatic heterocycles. The number of carbonyl (C=O) groups is 1. The number of alkyl halides is 6. The Morgan fingerprint density at radius 3 is 2.12 bits per heavy atom. The average Bonchev–Trinajstić information content (AvgIpc) is 2.94. The number of carbonyl (C=O) groups excluding carboxylic acids is 1. The molecule has 0 fully saturated rings. The van der Waals surface area contributed by atoms with Crippen molar-refractivity contribution in [2.24, 2.45) is 0 Å². The van der Waals surface area contributed by atoms with Gasteiger partial charge in [-0.2, -0.15) is 26.3 Å². The summed E-state index contributed by atoms with van der Waals surface area (Å²) in [7, 11) is 0. The number of nitrogens with zero attached hydrogens (tertiary/aromatic N) is 1. The smallest absolute Gasteiger partial charge is 0.434 e. The lowest BCUT2D eigenvalue weighted by atomic mass is 9.89. The topological polar surface area (TPSA) is 39.2 Å². The van der Waals surface area contributed by atoms with Crippen molar-refractivity contribution in [2.75, 3.05) is 0 Å². The highest BCUT2D eigenvalue weighted by molar-refractivity contribution is 6.17. The summed E-state index contributed by atoms with van der Waals surface area (Å²) in [6.07, 6.45) is -9.54. The van der Waals surface area contributed by atoms with Crippen LogP contribution in [0.2, 0.25) is 0 Å². The molecule has 0 bridgehead atoms. The molecular weight excluding hydrogens is 532 g/mol. The molecule has 5 rings (SSSR count). The minimum atomic E-state index is -4.95. The third kappa shape index (κ3) is 5.40. The van der Waals surface area contributed by atoms with Gasteiger partial charge >= 0.3 is 12.4 Å². The molecule has 0 aliphatic carbocycles. The quantitative estimate of drug-likeness (QED) is 0.156. The highest BCUT2D eigenvalue weighted by atomic mass is 19.4. The summed E-state index contributed by atoms with van der Waals surface area (Å²) < 4.78 is 88.9. The first-order valence-electron chi connectivity index (χ1n) is 12.0. The molecule has 9 heteroatoms. The molecule has 202 valence electrons. The van der Waals surface area contributed by atoms with Gasteiger partial charge in [0, 0.05) is 22.1 Å². The largest absolute Gasteiger partial charge is 0.489 e. The Labute approximate surface area is 224 Å². The fourth-order valence-electron chi connectivity index (χ4n) is 4.50. The van der Waals surface area contributed by atoms with Crippen LogP contribution in [0.3, 0.4) is 0 Å². The molecule has 40 heavy (non-hydrogen) atoms. The van der Waals surface area contributed by atoms with Crippen molar-refractivity contribution in [3.8, 4) is 16.9 Å². The Morgan fingerprint density at radius 1 is 0.725 bits per heavy atom. The van der Waals surface area contributed by atoms with Crippen molar-refractivity contribution < 1.29 is 35.9 Å². The van der Waals surface area contributed by atoms with Crippen LogP contribution in [0.5, 0.6) is 5.75 Å². The van der Waals surface area contributed by atoms with E-state index in [-0.39, 0.29) is 33.5 Å². The van der Waals surface area contributed by atoms with Gasteiger partial charge in [0.05, 0.1) is 16.6 Å². The molecule has 1 heterocycles. The predicted octanol–water partition coefficient (Wildman–Crippen LogP) is 8.75. The van der Waals surface area contributed by atoms with Gasteiger partial charge in [-0.3, -0.25) is 4.79 Å². The van der Waals surface area contributed by atoms with Gasteiger partial charge in [-0.1, -0.05) is 78.9 Å². The Hall–Kier alpha value is -4.66. The van der Waals surface area contributed by atoms with Gasteiger partial charge in [-0.25, -0.2) is 4.98 Å². The number of halogens is 6. The van der Waals surface area contributed by atoms with E-state index in [0.717, 1.165) is 6.07 Å². The van der Waals surface area contributed by atoms with E-state index in [0.29, 0.717) is 5.39 Å². The number of benzene rings is 4. The molecule has 0 unspecified atom stereocenters. The molecule has 3 nitrogen and oxygen atoms in total. The number of pyridine rings is 1. The van der Waals surface area contributed by atoms with Gasteiger partial charge in [0.2, 0.25) is 0 Å². The Kier molecular flexibility index (Phi) is 7.06. The van der Waals surface area contributed by atoms with Crippen molar-refractivity contribution in [1.29, 1.82) is 0 Å². The molecule has 4 aromatic carbocycles. The molecule has 5 aromatic rings. The van der Waals surface area contributed by atoms with Crippen LogP contribution in [-0.2, 0) is 19.0 Å². The third-order valence-corrected chi connectivity index (χ3v) is 6.26. The summed E-state index contributed by atoms with van der Waals surface area (Å²) >= 11 is 0. The highest BCUT2D eigenvalue weighted by Gasteiger charge is 2.40. The lowest BCUT2D eigenvalue weighted by Crippen LogP contribution is -2.18. The number of rotatable bonds is 6. The van der Waals surface area contributed by atoms with Crippen molar-refractivity contribution in [1.82, 2.24) is 4.98 Å². The molecule has 0 amide bonds. The molecule has 0 aliphatic heterocycles. The average molecular weight is 551 g/mol. The summed E-state index contributed by atoms with van der Waals surface area (Å²) in [5, 5.41) is 0.300. The van der Waals surface area contributed by atoms with Crippen LogP contribution in [0, 0.1) is 0 Å². The maximum Gasteiger partial charge on any atom is 0.434 e. The van der Waals surface area contributed by atoms with Crippen LogP contribution in [0.4, 0.5) is 26.3 Å². The molecule has 0 N–H and O–H groups in total.